The molecular weight excluding hydrogens is 345 g/mol. The van der Waals surface area contributed by atoms with Crippen molar-refractivity contribution in [1.82, 2.24) is 5.32 Å². The van der Waals surface area contributed by atoms with Gasteiger partial charge in [0.2, 0.25) is 5.91 Å². The largest absolute Gasteiger partial charge is 0.416 e. The molecule has 2 amide bonds. The Morgan fingerprint density at radius 1 is 1.40 bits per heavy atom. The molecule has 1 aromatic carbocycles. The number of alkyl halides is 3. The predicted molar refractivity (Wildman–Crippen MR) is 66.7 cm³/mol. The molecule has 0 aliphatic heterocycles. The number of aliphatic hydroxyl groups excluding tert-OH is 1. The van der Waals surface area contributed by atoms with Gasteiger partial charge < -0.3 is 16.2 Å². The Hall–Kier alpha value is -1.61. The van der Waals surface area contributed by atoms with E-state index in [-0.39, 0.29) is 10.0 Å². The molecule has 0 fully saturated rings. The Labute approximate surface area is 120 Å². The lowest BCUT2D eigenvalue weighted by Crippen LogP contribution is -2.40. The van der Waals surface area contributed by atoms with Crippen molar-refractivity contribution < 1.29 is 27.9 Å². The zero-order valence-corrected chi connectivity index (χ0v) is 11.5. The second-order valence-electron chi connectivity index (χ2n) is 3.82. The fraction of sp³-hybridized carbons (Fsp3) is 0.273. The van der Waals surface area contributed by atoms with Gasteiger partial charge in [-0.1, -0.05) is 0 Å². The minimum atomic E-state index is -4.58. The van der Waals surface area contributed by atoms with Crippen LogP contribution in [0.2, 0.25) is 0 Å². The first-order chi connectivity index (χ1) is 9.12. The zero-order valence-electron chi connectivity index (χ0n) is 9.87. The predicted octanol–water partition coefficient (Wildman–Crippen LogP) is 1.04. The fourth-order valence-corrected chi connectivity index (χ4v) is 1.69. The van der Waals surface area contributed by atoms with Crippen LogP contribution in [0.1, 0.15) is 15.9 Å². The number of nitrogens with two attached hydrogens (primary N) is 1. The van der Waals surface area contributed by atoms with E-state index in [1.54, 1.807) is 0 Å². The molecule has 0 saturated carbocycles. The number of carbonyl (C=O) groups is 2. The molecule has 0 radical (unpaired) electrons. The van der Waals surface area contributed by atoms with Crippen LogP contribution in [0.25, 0.3) is 0 Å². The van der Waals surface area contributed by atoms with Crippen molar-refractivity contribution in [2.45, 2.75) is 12.3 Å². The van der Waals surface area contributed by atoms with Crippen LogP contribution in [0.3, 0.4) is 0 Å². The number of rotatable bonds is 4. The molecule has 0 aliphatic carbocycles. The van der Waals surface area contributed by atoms with E-state index in [1.807, 2.05) is 0 Å². The maximum absolute atomic E-state index is 12.5. The van der Waals surface area contributed by atoms with Crippen molar-refractivity contribution in [2.75, 3.05) is 6.54 Å². The molecule has 1 rings (SSSR count). The Kier molecular flexibility index (Phi) is 5.12. The number of amides is 2. The van der Waals surface area contributed by atoms with Crippen molar-refractivity contribution >= 4 is 27.7 Å². The van der Waals surface area contributed by atoms with Gasteiger partial charge in [-0.3, -0.25) is 9.59 Å². The quantitative estimate of drug-likeness (QED) is 0.754. The molecule has 0 bridgehead atoms. The summed E-state index contributed by atoms with van der Waals surface area (Å²) in [7, 11) is 0. The van der Waals surface area contributed by atoms with Crippen molar-refractivity contribution in [3.63, 3.8) is 0 Å². The van der Waals surface area contributed by atoms with E-state index in [9.17, 15) is 22.8 Å². The highest BCUT2D eigenvalue weighted by Crippen LogP contribution is 2.31. The van der Waals surface area contributed by atoms with Crippen molar-refractivity contribution in [3.05, 3.63) is 33.8 Å². The van der Waals surface area contributed by atoms with Crippen LogP contribution in [0.4, 0.5) is 13.2 Å². The van der Waals surface area contributed by atoms with Crippen LogP contribution < -0.4 is 11.1 Å². The highest BCUT2D eigenvalue weighted by Gasteiger charge is 2.31. The van der Waals surface area contributed by atoms with Crippen LogP contribution in [-0.4, -0.2) is 29.6 Å². The van der Waals surface area contributed by atoms with Gasteiger partial charge in [0.25, 0.3) is 5.91 Å². The Balaban J connectivity index is 2.90. The van der Waals surface area contributed by atoms with E-state index in [1.165, 1.54) is 0 Å². The maximum atomic E-state index is 12.5. The number of hydrogen-bond donors (Lipinski definition) is 3. The Bertz CT molecular complexity index is 534. The molecular formula is C11H10BrF3N2O3. The first-order valence-electron chi connectivity index (χ1n) is 5.25. The van der Waals surface area contributed by atoms with Gasteiger partial charge in [-0.2, -0.15) is 13.2 Å². The lowest BCUT2D eigenvalue weighted by atomic mass is 10.1. The summed E-state index contributed by atoms with van der Waals surface area (Å²) in [6.45, 7) is -0.489. The Morgan fingerprint density at radius 3 is 2.50 bits per heavy atom. The van der Waals surface area contributed by atoms with E-state index in [2.05, 4.69) is 21.2 Å². The summed E-state index contributed by atoms with van der Waals surface area (Å²) in [5.74, 6) is -1.92. The molecule has 0 spiro atoms. The maximum Gasteiger partial charge on any atom is 0.416 e. The van der Waals surface area contributed by atoms with Crippen LogP contribution in [-0.2, 0) is 11.0 Å². The van der Waals surface area contributed by atoms with E-state index in [0.717, 1.165) is 12.1 Å². The van der Waals surface area contributed by atoms with Crippen molar-refractivity contribution in [2.24, 2.45) is 5.73 Å². The van der Waals surface area contributed by atoms with Gasteiger partial charge >= 0.3 is 6.18 Å². The number of carbonyl (C=O) groups excluding carboxylic acids is 2. The zero-order chi connectivity index (χ0) is 15.5. The average Bonchev–Trinajstić information content (AvgIpc) is 2.34. The molecule has 5 nitrogen and oxygen atoms in total. The molecule has 1 aromatic rings. The van der Waals surface area contributed by atoms with Gasteiger partial charge in [0.05, 0.1) is 17.7 Å². The third kappa shape index (κ3) is 4.20. The van der Waals surface area contributed by atoms with Gasteiger partial charge in [0.15, 0.2) is 0 Å². The van der Waals surface area contributed by atoms with E-state index in [0.29, 0.717) is 6.07 Å². The molecule has 1 unspecified atom stereocenters. The first kappa shape index (κ1) is 16.4. The van der Waals surface area contributed by atoms with E-state index in [4.69, 9.17) is 10.8 Å². The Morgan fingerprint density at radius 2 is 2.00 bits per heavy atom. The summed E-state index contributed by atoms with van der Waals surface area (Å²) >= 11 is 2.95. The summed E-state index contributed by atoms with van der Waals surface area (Å²) in [5.41, 5.74) is 3.52. The summed E-state index contributed by atoms with van der Waals surface area (Å²) < 4.78 is 37.8. The van der Waals surface area contributed by atoms with Crippen LogP contribution in [0, 0.1) is 0 Å². The number of benzene rings is 1. The molecule has 0 heterocycles. The molecule has 9 heteroatoms. The van der Waals surface area contributed by atoms with Crippen molar-refractivity contribution in [3.8, 4) is 0 Å². The lowest BCUT2D eigenvalue weighted by Gasteiger charge is -2.12. The summed E-state index contributed by atoms with van der Waals surface area (Å²) in [6.07, 6.45) is -6.19. The monoisotopic (exact) mass is 354 g/mol. The summed E-state index contributed by atoms with van der Waals surface area (Å²) in [4.78, 5) is 22.3. The third-order valence-corrected chi connectivity index (χ3v) is 3.01. The molecule has 1 atom stereocenters. The smallest absolute Gasteiger partial charge is 0.381 e. The molecule has 20 heavy (non-hydrogen) atoms. The molecule has 110 valence electrons. The molecule has 0 aromatic heterocycles. The van der Waals surface area contributed by atoms with Gasteiger partial charge in [-0.15, -0.1) is 0 Å². The summed E-state index contributed by atoms with van der Waals surface area (Å²) in [5, 5.41) is 11.2. The number of nitrogens with one attached hydrogen (secondary N) is 1. The van der Waals surface area contributed by atoms with Gasteiger partial charge in [0.1, 0.15) is 6.10 Å². The van der Waals surface area contributed by atoms with Crippen LogP contribution in [0.5, 0.6) is 0 Å². The topological polar surface area (TPSA) is 92.4 Å². The second kappa shape index (κ2) is 6.23. The third-order valence-electron chi connectivity index (χ3n) is 2.32. The molecule has 0 aliphatic rings. The highest BCUT2D eigenvalue weighted by molar-refractivity contribution is 9.10. The normalized spacial score (nSPS) is 12.8. The second-order valence-corrected chi connectivity index (χ2v) is 4.67. The van der Waals surface area contributed by atoms with Crippen LogP contribution >= 0.6 is 15.9 Å². The number of hydrogen-bond acceptors (Lipinski definition) is 3. The molecule has 0 saturated heterocycles. The van der Waals surface area contributed by atoms with Gasteiger partial charge in [0, 0.05) is 4.47 Å². The first-order valence-corrected chi connectivity index (χ1v) is 6.04. The average molecular weight is 355 g/mol. The standard InChI is InChI=1S/C11H10BrF3N2O3/c12-7-2-1-5(11(13,14)15)3-6(7)10(20)17-4-8(18)9(16)19/h1-3,8,18H,4H2,(H2,16,19)(H,17,20). The van der Waals surface area contributed by atoms with Gasteiger partial charge in [-0.05, 0) is 34.1 Å². The lowest BCUT2D eigenvalue weighted by molar-refractivity contribution is -0.137. The SMILES string of the molecule is NC(=O)C(O)CNC(=O)c1cc(C(F)(F)F)ccc1Br. The number of aliphatic hydroxyl groups is 1. The highest BCUT2D eigenvalue weighted by atomic mass is 79.9. The number of halogens is 4. The van der Waals surface area contributed by atoms with E-state index >= 15 is 0 Å². The minimum Gasteiger partial charge on any atom is -0.381 e. The van der Waals surface area contributed by atoms with Crippen LogP contribution in [0.15, 0.2) is 22.7 Å². The molecule has 4 N–H and O–H groups in total. The summed E-state index contributed by atoms with van der Waals surface area (Å²) in [6, 6.07) is 2.57. The van der Waals surface area contributed by atoms with E-state index < -0.39 is 36.2 Å². The number of primary amides is 1. The minimum absolute atomic E-state index is 0.150. The van der Waals surface area contributed by atoms with Crippen molar-refractivity contribution in [1.29, 1.82) is 0 Å². The van der Waals surface area contributed by atoms with Gasteiger partial charge in [-0.25, -0.2) is 0 Å². The fourth-order valence-electron chi connectivity index (χ4n) is 1.26.